The fourth-order valence-electron chi connectivity index (χ4n) is 7.42. The molecule has 2 aromatic heterocycles. The van der Waals surface area contributed by atoms with Gasteiger partial charge in [0, 0.05) is 34.5 Å². The molecule has 0 aliphatic heterocycles. The molecule has 0 unspecified atom stereocenters. The van der Waals surface area contributed by atoms with Gasteiger partial charge in [-0.3, -0.25) is 9.97 Å². The molecule has 0 saturated heterocycles. The second-order valence-electron chi connectivity index (χ2n) is 11.4. The van der Waals surface area contributed by atoms with Gasteiger partial charge in [-0.15, -0.1) is 0 Å². The number of pyridine rings is 2. The quantitative estimate of drug-likeness (QED) is 0.211. The zero-order valence-electron chi connectivity index (χ0n) is 21.8. The lowest BCUT2D eigenvalue weighted by atomic mass is 9.78. The molecule has 182 valence electrons. The monoisotopic (exact) mass is 496 g/mol. The summed E-state index contributed by atoms with van der Waals surface area (Å²) < 4.78 is 0. The molecule has 2 aliphatic rings. The van der Waals surface area contributed by atoms with Crippen LogP contribution in [-0.4, -0.2) is 9.97 Å². The van der Waals surface area contributed by atoms with E-state index in [4.69, 9.17) is 9.97 Å². The third-order valence-electron chi connectivity index (χ3n) is 9.07. The van der Waals surface area contributed by atoms with Crippen molar-refractivity contribution in [3.8, 4) is 44.8 Å². The molecule has 0 fully saturated rings. The Hall–Kier alpha value is -4.82. The number of nitrogens with zero attached hydrogens (tertiary/aromatic N) is 2. The van der Waals surface area contributed by atoms with Gasteiger partial charge in [-0.2, -0.15) is 0 Å². The summed E-state index contributed by atoms with van der Waals surface area (Å²) in [4.78, 5) is 9.74. The average Bonchev–Trinajstić information content (AvgIpc) is 3.43. The molecule has 0 atom stereocenters. The van der Waals surface area contributed by atoms with E-state index < -0.39 is 0 Å². The predicted molar refractivity (Wildman–Crippen MR) is 162 cm³/mol. The maximum absolute atomic E-state index is 4.92. The van der Waals surface area contributed by atoms with Gasteiger partial charge < -0.3 is 0 Å². The molecular formula is C37H24N2. The second kappa shape index (κ2) is 7.18. The Morgan fingerprint density at radius 2 is 1.15 bits per heavy atom. The summed E-state index contributed by atoms with van der Waals surface area (Å²) in [5.74, 6) is 0. The van der Waals surface area contributed by atoms with E-state index in [9.17, 15) is 0 Å². The smallest absolute Gasteiger partial charge is 0.0787 e. The first-order valence-electron chi connectivity index (χ1n) is 13.6. The molecular weight excluding hydrogens is 472 g/mol. The molecule has 2 aliphatic carbocycles. The average molecular weight is 497 g/mol. The lowest BCUT2D eigenvalue weighted by molar-refractivity contribution is 0.661. The van der Waals surface area contributed by atoms with Crippen LogP contribution in [0.1, 0.15) is 25.0 Å². The van der Waals surface area contributed by atoms with E-state index in [0.717, 1.165) is 11.4 Å². The summed E-state index contributed by atoms with van der Waals surface area (Å²) in [7, 11) is 0. The van der Waals surface area contributed by atoms with Crippen molar-refractivity contribution >= 4 is 32.3 Å². The Morgan fingerprint density at radius 3 is 2.08 bits per heavy atom. The van der Waals surface area contributed by atoms with Crippen molar-refractivity contribution in [3.63, 3.8) is 0 Å². The van der Waals surface area contributed by atoms with Gasteiger partial charge in [0.15, 0.2) is 0 Å². The van der Waals surface area contributed by atoms with Crippen LogP contribution in [0.15, 0.2) is 109 Å². The Bertz CT molecular complexity index is 2200. The molecule has 39 heavy (non-hydrogen) atoms. The molecule has 0 N–H and O–H groups in total. The van der Waals surface area contributed by atoms with Crippen LogP contribution in [0.2, 0.25) is 0 Å². The molecule has 2 heteroatoms. The first-order valence-corrected chi connectivity index (χ1v) is 13.6. The highest BCUT2D eigenvalue weighted by molar-refractivity contribution is 6.28. The summed E-state index contributed by atoms with van der Waals surface area (Å²) in [6, 6.07) is 35.6. The lowest BCUT2D eigenvalue weighted by Gasteiger charge is -2.25. The standard InChI is InChI=1S/C37H24N2/c1-37(2)32-15-6-5-11-27(32)36-34(37)25(16-18-39-36)28-19-30-24-13-7-12-23-26-14-8-17-38-35(26)31(33(23)24)20-29(30)22-10-4-3-9-21(22)28/h3-20H,1-2H3. The maximum atomic E-state index is 4.92. The number of aromatic nitrogens is 2. The highest BCUT2D eigenvalue weighted by Gasteiger charge is 2.38. The molecule has 0 radical (unpaired) electrons. The Labute approximate surface area is 226 Å². The van der Waals surface area contributed by atoms with Gasteiger partial charge in [-0.1, -0.05) is 86.6 Å². The summed E-state index contributed by atoms with van der Waals surface area (Å²) in [5, 5.41) is 7.71. The molecule has 0 spiro atoms. The van der Waals surface area contributed by atoms with Crippen molar-refractivity contribution in [3.05, 3.63) is 121 Å². The van der Waals surface area contributed by atoms with E-state index >= 15 is 0 Å². The van der Waals surface area contributed by atoms with E-state index in [1.54, 1.807) is 0 Å². The molecule has 9 rings (SSSR count). The minimum atomic E-state index is -0.138. The lowest BCUT2D eigenvalue weighted by Crippen LogP contribution is -2.16. The first kappa shape index (κ1) is 21.2. The van der Waals surface area contributed by atoms with Crippen LogP contribution in [-0.2, 0) is 5.41 Å². The molecule has 7 aromatic rings. The summed E-state index contributed by atoms with van der Waals surface area (Å²) in [6.07, 6.45) is 3.90. The third-order valence-corrected chi connectivity index (χ3v) is 9.07. The topological polar surface area (TPSA) is 25.8 Å². The van der Waals surface area contributed by atoms with Crippen LogP contribution >= 0.6 is 0 Å². The van der Waals surface area contributed by atoms with Gasteiger partial charge >= 0.3 is 0 Å². The largest absolute Gasteiger partial charge is 0.256 e. The van der Waals surface area contributed by atoms with E-state index in [-0.39, 0.29) is 5.41 Å². The fourth-order valence-corrected chi connectivity index (χ4v) is 7.42. The molecule has 2 heterocycles. The van der Waals surface area contributed by atoms with Crippen molar-refractivity contribution in [2.45, 2.75) is 19.3 Å². The van der Waals surface area contributed by atoms with Crippen molar-refractivity contribution in [2.75, 3.05) is 0 Å². The van der Waals surface area contributed by atoms with Crippen LogP contribution in [0.3, 0.4) is 0 Å². The van der Waals surface area contributed by atoms with E-state index in [2.05, 4.69) is 105 Å². The number of hydrogen-bond donors (Lipinski definition) is 0. The zero-order chi connectivity index (χ0) is 25.9. The third kappa shape index (κ3) is 2.56. The molecule has 0 amide bonds. The Kier molecular flexibility index (Phi) is 3.89. The summed E-state index contributed by atoms with van der Waals surface area (Å²) >= 11 is 0. The van der Waals surface area contributed by atoms with Crippen LogP contribution in [0.4, 0.5) is 0 Å². The van der Waals surface area contributed by atoms with E-state index in [1.165, 1.54) is 76.8 Å². The van der Waals surface area contributed by atoms with Gasteiger partial charge in [0.2, 0.25) is 0 Å². The summed E-state index contributed by atoms with van der Waals surface area (Å²) in [6.45, 7) is 4.68. The molecule has 0 bridgehead atoms. The molecule has 5 aromatic carbocycles. The van der Waals surface area contributed by atoms with Crippen molar-refractivity contribution in [2.24, 2.45) is 0 Å². The SMILES string of the molecule is CC1(C)c2ccccc2-c2nccc(-c3cc4c5cccc6c5c(cc4c4ccccc34)-c3ncccc3-6)c21. The van der Waals surface area contributed by atoms with Gasteiger partial charge in [-0.25, -0.2) is 0 Å². The van der Waals surface area contributed by atoms with Gasteiger partial charge in [-0.05, 0) is 84.4 Å². The Balaban J connectivity index is 1.44. The molecule has 2 nitrogen and oxygen atoms in total. The molecule has 0 saturated carbocycles. The van der Waals surface area contributed by atoms with Crippen LogP contribution < -0.4 is 0 Å². The van der Waals surface area contributed by atoms with Crippen LogP contribution in [0, 0.1) is 0 Å². The minimum Gasteiger partial charge on any atom is -0.256 e. The van der Waals surface area contributed by atoms with E-state index in [0.29, 0.717) is 0 Å². The predicted octanol–water partition coefficient (Wildman–Crippen LogP) is 9.56. The van der Waals surface area contributed by atoms with Crippen molar-refractivity contribution in [1.82, 2.24) is 9.97 Å². The van der Waals surface area contributed by atoms with Crippen LogP contribution in [0.5, 0.6) is 0 Å². The second-order valence-corrected chi connectivity index (χ2v) is 11.4. The van der Waals surface area contributed by atoms with E-state index in [1.807, 2.05) is 18.5 Å². The number of rotatable bonds is 1. The van der Waals surface area contributed by atoms with Gasteiger partial charge in [0.1, 0.15) is 0 Å². The van der Waals surface area contributed by atoms with Gasteiger partial charge in [0.25, 0.3) is 0 Å². The van der Waals surface area contributed by atoms with Gasteiger partial charge in [0.05, 0.1) is 11.4 Å². The normalized spacial score (nSPS) is 14.1. The number of benzene rings is 5. The van der Waals surface area contributed by atoms with Crippen molar-refractivity contribution in [1.29, 1.82) is 0 Å². The maximum Gasteiger partial charge on any atom is 0.0787 e. The zero-order valence-corrected chi connectivity index (χ0v) is 21.8. The number of fused-ring (bicyclic) bond motifs is 10. The van der Waals surface area contributed by atoms with Crippen LogP contribution in [0.25, 0.3) is 77.1 Å². The minimum absolute atomic E-state index is 0.138. The number of hydrogen-bond acceptors (Lipinski definition) is 2. The first-order chi connectivity index (χ1) is 19.1. The summed E-state index contributed by atoms with van der Waals surface area (Å²) in [5.41, 5.74) is 12.3. The highest BCUT2D eigenvalue weighted by atomic mass is 14.7. The Morgan fingerprint density at radius 1 is 0.462 bits per heavy atom. The van der Waals surface area contributed by atoms with Crippen molar-refractivity contribution < 1.29 is 0 Å². The fraction of sp³-hybridized carbons (Fsp3) is 0.0811. The highest BCUT2D eigenvalue weighted by Crippen LogP contribution is 2.53.